The molecular weight excluding hydrogens is 258 g/mol. The molecule has 0 saturated heterocycles. The average Bonchev–Trinajstić information content (AvgIpc) is 2.53. The molecule has 2 aromatic rings. The number of hydrogen-bond acceptors (Lipinski definition) is 2. The maximum absolute atomic E-state index is 12.4. The van der Waals surface area contributed by atoms with Gasteiger partial charge in [-0.15, -0.1) is 0 Å². The van der Waals surface area contributed by atoms with E-state index in [1.807, 2.05) is 68.6 Å². The van der Waals surface area contributed by atoms with Crippen LogP contribution in [0.2, 0.25) is 0 Å². The van der Waals surface area contributed by atoms with E-state index < -0.39 is 0 Å². The van der Waals surface area contributed by atoms with Crippen molar-refractivity contribution in [3.63, 3.8) is 0 Å². The van der Waals surface area contributed by atoms with E-state index in [-0.39, 0.29) is 11.7 Å². The molecule has 0 radical (unpaired) electrons. The van der Waals surface area contributed by atoms with Gasteiger partial charge >= 0.3 is 0 Å². The molecule has 2 rings (SSSR count). The lowest BCUT2D eigenvalue weighted by Crippen LogP contribution is -2.14. The first kappa shape index (κ1) is 15.0. The van der Waals surface area contributed by atoms with Gasteiger partial charge in [0.2, 0.25) is 0 Å². The first-order valence-corrected chi connectivity index (χ1v) is 7.25. The lowest BCUT2D eigenvalue weighted by molar-refractivity contribution is -0.116. The molecule has 0 aliphatic carbocycles. The fraction of sp³-hybridized carbons (Fsp3) is 0.211. The number of benzene rings is 2. The molecule has 0 bridgehead atoms. The highest BCUT2D eigenvalue weighted by molar-refractivity contribution is 6.21. The Labute approximate surface area is 126 Å². The zero-order chi connectivity index (χ0) is 15.1. The summed E-state index contributed by atoms with van der Waals surface area (Å²) in [6.45, 7) is 4.56. The Kier molecular flexibility index (Phi) is 5.33. The minimum absolute atomic E-state index is 0.0185. The molecule has 0 spiro atoms. The van der Waals surface area contributed by atoms with Crippen LogP contribution in [0, 0.1) is 5.92 Å². The smallest absolute Gasteiger partial charge is 0.167 e. The van der Waals surface area contributed by atoms with Crippen LogP contribution in [0.4, 0.5) is 0 Å². The molecule has 2 nitrogen and oxygen atoms in total. The van der Waals surface area contributed by atoms with Crippen molar-refractivity contribution in [1.82, 2.24) is 5.32 Å². The fourth-order valence-electron chi connectivity index (χ4n) is 2.09. The molecule has 0 aromatic heterocycles. The van der Waals surface area contributed by atoms with Gasteiger partial charge in [0.15, 0.2) is 5.78 Å². The van der Waals surface area contributed by atoms with Gasteiger partial charge in [-0.05, 0) is 11.1 Å². The molecule has 0 amide bonds. The second-order valence-corrected chi connectivity index (χ2v) is 5.31. The fourth-order valence-corrected chi connectivity index (χ4v) is 2.09. The van der Waals surface area contributed by atoms with Crippen molar-refractivity contribution in [3.8, 4) is 0 Å². The van der Waals surface area contributed by atoms with Gasteiger partial charge < -0.3 is 5.32 Å². The van der Waals surface area contributed by atoms with E-state index in [0.29, 0.717) is 6.54 Å². The van der Waals surface area contributed by atoms with E-state index >= 15 is 0 Å². The van der Waals surface area contributed by atoms with Crippen molar-refractivity contribution >= 4 is 11.4 Å². The van der Waals surface area contributed by atoms with Crippen LogP contribution in [0.5, 0.6) is 0 Å². The average molecular weight is 279 g/mol. The van der Waals surface area contributed by atoms with E-state index in [4.69, 9.17) is 0 Å². The Bertz CT molecular complexity index is 600. The first-order valence-electron chi connectivity index (χ1n) is 7.25. The summed E-state index contributed by atoms with van der Waals surface area (Å²) >= 11 is 0. The molecule has 0 atom stereocenters. The molecule has 0 aliphatic rings. The second-order valence-electron chi connectivity index (χ2n) is 5.31. The van der Waals surface area contributed by atoms with E-state index in [0.717, 1.165) is 11.1 Å². The molecule has 0 saturated carbocycles. The molecule has 0 unspecified atom stereocenters. The minimum Gasteiger partial charge on any atom is -0.386 e. The second kappa shape index (κ2) is 7.44. The summed E-state index contributed by atoms with van der Waals surface area (Å²) in [6.07, 6.45) is 1.84. The maximum atomic E-state index is 12.4. The van der Waals surface area contributed by atoms with Gasteiger partial charge in [0.25, 0.3) is 0 Å². The third kappa shape index (κ3) is 4.32. The van der Waals surface area contributed by atoms with Crippen molar-refractivity contribution in [1.29, 1.82) is 0 Å². The lowest BCUT2D eigenvalue weighted by atomic mass is 9.95. The molecular formula is C19H21NO. The van der Waals surface area contributed by atoms with Gasteiger partial charge in [-0.2, -0.15) is 0 Å². The highest BCUT2D eigenvalue weighted by Gasteiger charge is 2.15. The normalized spacial score (nSPS) is 11.5. The van der Waals surface area contributed by atoms with Gasteiger partial charge in [-0.25, -0.2) is 0 Å². The van der Waals surface area contributed by atoms with Crippen LogP contribution in [0.3, 0.4) is 0 Å². The summed E-state index contributed by atoms with van der Waals surface area (Å²) in [5.41, 5.74) is 2.89. The number of hydrogen-bond donors (Lipinski definition) is 1. The molecule has 1 N–H and O–H groups in total. The summed E-state index contributed by atoms with van der Waals surface area (Å²) in [6, 6.07) is 19.9. The Morgan fingerprint density at radius 2 is 1.57 bits per heavy atom. The molecule has 2 heteroatoms. The van der Waals surface area contributed by atoms with Crippen molar-refractivity contribution < 1.29 is 4.79 Å². The molecule has 0 fully saturated rings. The number of Topliss-reactive ketones (excluding diaryl/α,β-unsaturated/α-hetero) is 1. The monoisotopic (exact) mass is 279 g/mol. The topological polar surface area (TPSA) is 29.1 Å². The number of ketones is 1. The van der Waals surface area contributed by atoms with Crippen molar-refractivity contribution in [3.05, 3.63) is 78.0 Å². The van der Waals surface area contributed by atoms with Crippen LogP contribution in [-0.2, 0) is 11.3 Å². The van der Waals surface area contributed by atoms with Crippen molar-refractivity contribution in [2.75, 3.05) is 0 Å². The third-order valence-electron chi connectivity index (χ3n) is 3.27. The summed E-state index contributed by atoms with van der Waals surface area (Å²) in [4.78, 5) is 12.4. The van der Waals surface area contributed by atoms with E-state index in [1.54, 1.807) is 0 Å². The number of rotatable bonds is 6. The Balaban J connectivity index is 2.16. The van der Waals surface area contributed by atoms with Crippen LogP contribution < -0.4 is 5.32 Å². The number of carbonyl (C=O) groups is 1. The molecule has 108 valence electrons. The number of nitrogens with one attached hydrogen (secondary N) is 1. The standard InChI is InChI=1S/C19H21NO/c1-15(2)19(21)18(17-11-7-4-8-12-17)14-20-13-16-9-5-3-6-10-16/h3-12,14-15,20H,13H2,1-2H3/b18-14+. The maximum Gasteiger partial charge on any atom is 0.167 e. The predicted octanol–water partition coefficient (Wildman–Crippen LogP) is 4.04. The zero-order valence-corrected chi connectivity index (χ0v) is 12.5. The van der Waals surface area contributed by atoms with Gasteiger partial charge in [0.1, 0.15) is 0 Å². The summed E-state index contributed by atoms with van der Waals surface area (Å²) < 4.78 is 0. The molecule has 2 aromatic carbocycles. The predicted molar refractivity (Wildman–Crippen MR) is 87.5 cm³/mol. The third-order valence-corrected chi connectivity index (χ3v) is 3.27. The first-order chi connectivity index (χ1) is 10.2. The van der Waals surface area contributed by atoms with Crippen LogP contribution in [0.1, 0.15) is 25.0 Å². The number of carbonyl (C=O) groups excluding carboxylic acids is 1. The number of allylic oxidation sites excluding steroid dienone is 1. The van der Waals surface area contributed by atoms with Crippen molar-refractivity contribution in [2.45, 2.75) is 20.4 Å². The van der Waals surface area contributed by atoms with Crippen LogP contribution in [-0.4, -0.2) is 5.78 Å². The van der Waals surface area contributed by atoms with E-state index in [9.17, 15) is 4.79 Å². The van der Waals surface area contributed by atoms with Gasteiger partial charge in [-0.3, -0.25) is 4.79 Å². The summed E-state index contributed by atoms with van der Waals surface area (Å²) in [7, 11) is 0. The SMILES string of the molecule is CC(C)C(=O)/C(=C/NCc1ccccc1)c1ccccc1. The largest absolute Gasteiger partial charge is 0.386 e. The van der Waals surface area contributed by atoms with Gasteiger partial charge in [0.05, 0.1) is 0 Å². The quantitative estimate of drug-likeness (QED) is 0.808. The van der Waals surface area contributed by atoms with E-state index in [2.05, 4.69) is 17.4 Å². The van der Waals surface area contributed by atoms with Gasteiger partial charge in [0, 0.05) is 24.2 Å². The van der Waals surface area contributed by atoms with Crippen molar-refractivity contribution in [2.24, 2.45) is 5.92 Å². The summed E-state index contributed by atoms with van der Waals surface area (Å²) in [5, 5.41) is 3.25. The summed E-state index contributed by atoms with van der Waals surface area (Å²) in [5.74, 6) is 0.136. The Morgan fingerprint density at radius 3 is 2.14 bits per heavy atom. The zero-order valence-electron chi connectivity index (χ0n) is 12.5. The lowest BCUT2D eigenvalue weighted by Gasteiger charge is -2.11. The Morgan fingerprint density at radius 1 is 1.00 bits per heavy atom. The molecule has 0 heterocycles. The van der Waals surface area contributed by atoms with E-state index in [1.165, 1.54) is 5.56 Å². The van der Waals surface area contributed by atoms with Crippen LogP contribution in [0.15, 0.2) is 66.9 Å². The van der Waals surface area contributed by atoms with Crippen LogP contribution >= 0.6 is 0 Å². The Hall–Kier alpha value is -2.35. The van der Waals surface area contributed by atoms with Gasteiger partial charge in [-0.1, -0.05) is 74.5 Å². The highest BCUT2D eigenvalue weighted by atomic mass is 16.1. The molecule has 0 aliphatic heterocycles. The minimum atomic E-state index is -0.0185. The highest BCUT2D eigenvalue weighted by Crippen LogP contribution is 2.18. The van der Waals surface area contributed by atoms with Crippen LogP contribution in [0.25, 0.3) is 5.57 Å². The molecule has 21 heavy (non-hydrogen) atoms.